The van der Waals surface area contributed by atoms with Crippen LogP contribution in [0.2, 0.25) is 0 Å². The van der Waals surface area contributed by atoms with Gasteiger partial charge in [-0.2, -0.15) is 0 Å². The van der Waals surface area contributed by atoms with E-state index >= 15 is 0 Å². The van der Waals surface area contributed by atoms with E-state index in [1.807, 2.05) is 0 Å². The predicted octanol–water partition coefficient (Wildman–Crippen LogP) is 3.81. The Hall–Kier alpha value is -1.32. The molecule has 1 heterocycles. The number of rotatable bonds is 9. The molecule has 0 unspecified atom stereocenters. The Labute approximate surface area is 128 Å². The molecular formula is C18H28N2O. The molecule has 21 heavy (non-hydrogen) atoms. The van der Waals surface area contributed by atoms with E-state index in [4.69, 9.17) is 4.74 Å². The lowest BCUT2D eigenvalue weighted by Crippen LogP contribution is -2.14. The first-order chi connectivity index (χ1) is 10.2. The van der Waals surface area contributed by atoms with E-state index in [1.165, 1.54) is 22.9 Å². The molecule has 0 aliphatic carbocycles. The van der Waals surface area contributed by atoms with Gasteiger partial charge in [0.05, 0.1) is 6.61 Å². The fraction of sp³-hybridized carbons (Fsp3) is 0.556. The number of hydrogen-bond donors (Lipinski definition) is 1. The number of nitrogens with zero attached hydrogens (tertiary/aromatic N) is 1. The zero-order valence-electron chi connectivity index (χ0n) is 13.6. The molecule has 1 N–H and O–H groups in total. The van der Waals surface area contributed by atoms with Crippen LogP contribution in [0.1, 0.15) is 32.8 Å². The molecule has 0 aliphatic rings. The molecule has 0 bridgehead atoms. The average molecular weight is 288 g/mol. The average Bonchev–Trinajstić information content (AvgIpc) is 2.88. The molecule has 2 rings (SSSR count). The lowest BCUT2D eigenvalue weighted by Gasteiger charge is -2.10. The first-order valence-corrected chi connectivity index (χ1v) is 8.07. The minimum absolute atomic E-state index is 0.600. The summed E-state index contributed by atoms with van der Waals surface area (Å²) in [7, 11) is 0. The fourth-order valence-corrected chi connectivity index (χ4v) is 2.52. The molecule has 0 amide bonds. The third kappa shape index (κ3) is 4.58. The highest BCUT2D eigenvalue weighted by atomic mass is 16.5. The Morgan fingerprint density at radius 2 is 2.10 bits per heavy atom. The maximum atomic E-state index is 5.69. The molecule has 0 atom stereocenters. The minimum Gasteiger partial charge on any atom is -0.379 e. The molecule has 0 fully saturated rings. The van der Waals surface area contributed by atoms with Gasteiger partial charge in [-0.3, -0.25) is 0 Å². The van der Waals surface area contributed by atoms with Gasteiger partial charge in [0.1, 0.15) is 0 Å². The number of ether oxygens (including phenoxy) is 1. The highest BCUT2D eigenvalue weighted by molar-refractivity contribution is 5.83. The zero-order valence-corrected chi connectivity index (χ0v) is 13.6. The van der Waals surface area contributed by atoms with Gasteiger partial charge >= 0.3 is 0 Å². The minimum atomic E-state index is 0.600. The quantitative estimate of drug-likeness (QED) is 0.710. The van der Waals surface area contributed by atoms with E-state index in [0.717, 1.165) is 32.8 Å². The second kappa shape index (κ2) is 8.20. The van der Waals surface area contributed by atoms with Crippen LogP contribution < -0.4 is 5.32 Å². The maximum absolute atomic E-state index is 5.69. The Bertz CT molecular complexity index is 545. The molecular weight excluding hydrogens is 260 g/mol. The zero-order chi connectivity index (χ0) is 15.1. The standard InChI is InChI=1S/C18H28N2O/c1-4-9-19-13-16-6-5-7-18-17(16)8-10-20(18)11-12-21-14-15(2)3/h5-8,10,15,19H,4,9,11-14H2,1-3H3. The molecule has 0 aliphatic heterocycles. The predicted molar refractivity (Wildman–Crippen MR) is 89.6 cm³/mol. The van der Waals surface area contributed by atoms with E-state index in [-0.39, 0.29) is 0 Å². The Balaban J connectivity index is 2.00. The smallest absolute Gasteiger partial charge is 0.0645 e. The molecule has 116 valence electrons. The SMILES string of the molecule is CCCNCc1cccc2c1ccn2CCOCC(C)C. The first kappa shape index (κ1) is 16.1. The molecule has 3 heteroatoms. The summed E-state index contributed by atoms with van der Waals surface area (Å²) in [5.41, 5.74) is 2.68. The van der Waals surface area contributed by atoms with Crippen molar-refractivity contribution >= 4 is 10.9 Å². The van der Waals surface area contributed by atoms with Crippen LogP contribution in [-0.2, 0) is 17.8 Å². The van der Waals surface area contributed by atoms with Gasteiger partial charge in [0, 0.05) is 36.8 Å². The van der Waals surface area contributed by atoms with Crippen LogP contribution in [0.3, 0.4) is 0 Å². The van der Waals surface area contributed by atoms with E-state index in [1.54, 1.807) is 0 Å². The summed E-state index contributed by atoms with van der Waals surface area (Å²) in [6.07, 6.45) is 3.34. The second-order valence-corrected chi connectivity index (χ2v) is 6.00. The summed E-state index contributed by atoms with van der Waals surface area (Å²) in [6, 6.07) is 8.78. The molecule has 1 aromatic carbocycles. The second-order valence-electron chi connectivity index (χ2n) is 6.00. The van der Waals surface area contributed by atoms with E-state index in [0.29, 0.717) is 5.92 Å². The van der Waals surface area contributed by atoms with Crippen molar-refractivity contribution in [2.75, 3.05) is 19.8 Å². The van der Waals surface area contributed by atoms with Crippen molar-refractivity contribution in [2.24, 2.45) is 5.92 Å². The monoisotopic (exact) mass is 288 g/mol. The Kier molecular flexibility index (Phi) is 6.27. The van der Waals surface area contributed by atoms with Gasteiger partial charge in [-0.05, 0) is 36.6 Å². The van der Waals surface area contributed by atoms with E-state index in [2.05, 4.69) is 61.1 Å². The topological polar surface area (TPSA) is 26.2 Å². The van der Waals surface area contributed by atoms with Crippen molar-refractivity contribution in [3.63, 3.8) is 0 Å². The lowest BCUT2D eigenvalue weighted by molar-refractivity contribution is 0.104. The lowest BCUT2D eigenvalue weighted by atomic mass is 10.1. The van der Waals surface area contributed by atoms with Crippen LogP contribution in [-0.4, -0.2) is 24.3 Å². The number of nitrogens with one attached hydrogen (secondary N) is 1. The third-order valence-electron chi connectivity index (χ3n) is 3.57. The van der Waals surface area contributed by atoms with E-state index < -0.39 is 0 Å². The molecule has 3 nitrogen and oxygen atoms in total. The number of benzene rings is 1. The van der Waals surface area contributed by atoms with Crippen molar-refractivity contribution in [3.05, 3.63) is 36.0 Å². The van der Waals surface area contributed by atoms with E-state index in [9.17, 15) is 0 Å². The van der Waals surface area contributed by atoms with Gasteiger partial charge in [0.15, 0.2) is 0 Å². The van der Waals surface area contributed by atoms with Gasteiger partial charge in [0.25, 0.3) is 0 Å². The summed E-state index contributed by atoms with van der Waals surface area (Å²) in [5, 5.41) is 4.84. The number of hydrogen-bond acceptors (Lipinski definition) is 2. The molecule has 1 aromatic heterocycles. The van der Waals surface area contributed by atoms with Gasteiger partial charge < -0.3 is 14.6 Å². The Morgan fingerprint density at radius 1 is 1.24 bits per heavy atom. The highest BCUT2D eigenvalue weighted by Gasteiger charge is 2.05. The van der Waals surface area contributed by atoms with Crippen molar-refractivity contribution in [1.82, 2.24) is 9.88 Å². The highest BCUT2D eigenvalue weighted by Crippen LogP contribution is 2.20. The van der Waals surface area contributed by atoms with Gasteiger partial charge in [0.2, 0.25) is 0 Å². The Morgan fingerprint density at radius 3 is 2.86 bits per heavy atom. The first-order valence-electron chi connectivity index (χ1n) is 8.07. The summed E-state index contributed by atoms with van der Waals surface area (Å²) >= 11 is 0. The van der Waals surface area contributed by atoms with Crippen LogP contribution in [0.4, 0.5) is 0 Å². The summed E-state index contributed by atoms with van der Waals surface area (Å²) in [5.74, 6) is 0.600. The molecule has 0 saturated carbocycles. The van der Waals surface area contributed by atoms with Gasteiger partial charge in [-0.25, -0.2) is 0 Å². The molecule has 0 spiro atoms. The van der Waals surface area contributed by atoms with Crippen LogP contribution in [0.5, 0.6) is 0 Å². The number of fused-ring (bicyclic) bond motifs is 1. The van der Waals surface area contributed by atoms with Crippen LogP contribution >= 0.6 is 0 Å². The summed E-state index contributed by atoms with van der Waals surface area (Å²) in [4.78, 5) is 0. The fourth-order valence-electron chi connectivity index (χ4n) is 2.52. The summed E-state index contributed by atoms with van der Waals surface area (Å²) < 4.78 is 7.98. The molecule has 0 saturated heterocycles. The van der Waals surface area contributed by atoms with Crippen molar-refractivity contribution < 1.29 is 4.74 Å². The van der Waals surface area contributed by atoms with Crippen molar-refractivity contribution in [1.29, 1.82) is 0 Å². The largest absolute Gasteiger partial charge is 0.379 e. The van der Waals surface area contributed by atoms with Crippen molar-refractivity contribution in [2.45, 2.75) is 40.3 Å². The summed E-state index contributed by atoms with van der Waals surface area (Å²) in [6.45, 7) is 11.1. The van der Waals surface area contributed by atoms with Crippen molar-refractivity contribution in [3.8, 4) is 0 Å². The van der Waals surface area contributed by atoms with Crippen LogP contribution in [0.15, 0.2) is 30.5 Å². The van der Waals surface area contributed by atoms with Gasteiger partial charge in [-0.15, -0.1) is 0 Å². The normalized spacial score (nSPS) is 11.6. The molecule has 2 aromatic rings. The molecule has 0 radical (unpaired) electrons. The number of aromatic nitrogens is 1. The third-order valence-corrected chi connectivity index (χ3v) is 3.57. The van der Waals surface area contributed by atoms with Crippen LogP contribution in [0, 0.1) is 5.92 Å². The van der Waals surface area contributed by atoms with Crippen LogP contribution in [0.25, 0.3) is 10.9 Å². The maximum Gasteiger partial charge on any atom is 0.0645 e. The van der Waals surface area contributed by atoms with Gasteiger partial charge in [-0.1, -0.05) is 32.9 Å².